The van der Waals surface area contributed by atoms with Gasteiger partial charge in [0.1, 0.15) is 5.00 Å². The van der Waals surface area contributed by atoms with E-state index >= 15 is 0 Å². The molecule has 0 radical (unpaired) electrons. The first kappa shape index (κ1) is 17.0. The molecule has 1 aromatic carbocycles. The molecule has 0 aliphatic heterocycles. The number of rotatable bonds is 3. The predicted octanol–water partition coefficient (Wildman–Crippen LogP) is 4.33. The highest BCUT2D eigenvalue weighted by Crippen LogP contribution is 2.37. The minimum absolute atomic E-state index is 0.320. The van der Waals surface area contributed by atoms with Crippen molar-refractivity contribution in [1.82, 2.24) is 0 Å². The van der Waals surface area contributed by atoms with Gasteiger partial charge in [0.2, 0.25) is 0 Å². The third kappa shape index (κ3) is 3.32. The van der Waals surface area contributed by atoms with Crippen molar-refractivity contribution in [3.8, 4) is 0 Å². The van der Waals surface area contributed by atoms with Gasteiger partial charge in [0.15, 0.2) is 0 Å². The molecule has 24 heavy (non-hydrogen) atoms. The molecule has 2 aromatic rings. The Bertz CT molecular complexity index is 814. The average molecular weight is 363 g/mol. The van der Waals surface area contributed by atoms with E-state index in [1.807, 2.05) is 13.0 Å². The topological polar surface area (TPSA) is 72.2 Å². The third-order valence-electron chi connectivity index (χ3n) is 4.26. The zero-order chi connectivity index (χ0) is 17.3. The minimum atomic E-state index is -0.486. The quantitative estimate of drug-likeness (QED) is 0.797. The van der Waals surface area contributed by atoms with Crippen molar-refractivity contribution in [2.24, 2.45) is 5.73 Å². The van der Waals surface area contributed by atoms with Gasteiger partial charge in [-0.15, -0.1) is 11.3 Å². The van der Waals surface area contributed by atoms with E-state index in [1.54, 1.807) is 12.1 Å². The molecule has 3 N–H and O–H groups in total. The smallest absolute Gasteiger partial charge is 0.257 e. The molecule has 126 valence electrons. The number of anilines is 1. The zero-order valence-corrected chi connectivity index (χ0v) is 15.0. The number of hydrogen-bond acceptors (Lipinski definition) is 3. The van der Waals surface area contributed by atoms with Gasteiger partial charge in [-0.3, -0.25) is 9.59 Å². The number of fused-ring (bicyclic) bond motifs is 1. The standard InChI is InChI=1S/C18H19ClN2O2S/c1-10-7-8-11(13(19)9-10)17(23)21-18-15(16(20)22)12-5-3-2-4-6-14(12)24-18/h7-9H,2-6H2,1H3,(H2,20,22)(H,21,23). The van der Waals surface area contributed by atoms with Crippen LogP contribution < -0.4 is 11.1 Å². The summed E-state index contributed by atoms with van der Waals surface area (Å²) in [4.78, 5) is 25.7. The van der Waals surface area contributed by atoms with E-state index in [0.29, 0.717) is 21.2 Å². The lowest BCUT2D eigenvalue weighted by Gasteiger charge is -2.08. The first-order chi connectivity index (χ1) is 11.5. The van der Waals surface area contributed by atoms with E-state index in [9.17, 15) is 9.59 Å². The Hall–Kier alpha value is -1.85. The predicted molar refractivity (Wildman–Crippen MR) is 98.2 cm³/mol. The number of hydrogen-bond donors (Lipinski definition) is 2. The van der Waals surface area contributed by atoms with Gasteiger partial charge in [0.25, 0.3) is 11.8 Å². The highest BCUT2D eigenvalue weighted by Gasteiger charge is 2.24. The third-order valence-corrected chi connectivity index (χ3v) is 5.78. The molecule has 0 atom stereocenters. The van der Waals surface area contributed by atoms with Crippen LogP contribution in [0, 0.1) is 6.92 Å². The summed E-state index contributed by atoms with van der Waals surface area (Å²) in [6.45, 7) is 1.91. The Labute approximate surface area is 150 Å². The summed E-state index contributed by atoms with van der Waals surface area (Å²) in [7, 11) is 0. The Kier molecular flexibility index (Phi) is 4.92. The van der Waals surface area contributed by atoms with Crippen LogP contribution in [-0.2, 0) is 12.8 Å². The van der Waals surface area contributed by atoms with Crippen molar-refractivity contribution >= 4 is 39.8 Å². The number of halogens is 1. The van der Waals surface area contributed by atoms with Crippen molar-refractivity contribution in [1.29, 1.82) is 0 Å². The number of amides is 2. The number of nitrogens with one attached hydrogen (secondary N) is 1. The molecule has 2 amide bonds. The average Bonchev–Trinajstić information content (AvgIpc) is 2.69. The van der Waals surface area contributed by atoms with E-state index in [4.69, 9.17) is 17.3 Å². The zero-order valence-electron chi connectivity index (χ0n) is 13.4. The van der Waals surface area contributed by atoms with Gasteiger partial charge in [-0.1, -0.05) is 24.1 Å². The van der Waals surface area contributed by atoms with Crippen LogP contribution in [0.4, 0.5) is 5.00 Å². The summed E-state index contributed by atoms with van der Waals surface area (Å²) < 4.78 is 0. The lowest BCUT2D eigenvalue weighted by molar-refractivity contribution is 0.100. The number of aryl methyl sites for hydroxylation is 2. The molecular formula is C18H19ClN2O2S. The SMILES string of the molecule is Cc1ccc(C(=O)Nc2sc3c(c2C(N)=O)CCCCC3)c(Cl)c1. The lowest BCUT2D eigenvalue weighted by atomic mass is 10.0. The number of primary amides is 1. The molecule has 1 heterocycles. The summed E-state index contributed by atoms with van der Waals surface area (Å²) in [5.41, 5.74) is 8.44. The molecule has 6 heteroatoms. The van der Waals surface area contributed by atoms with Crippen molar-refractivity contribution in [2.45, 2.75) is 39.0 Å². The second-order valence-corrected chi connectivity index (χ2v) is 7.58. The normalized spacial score (nSPS) is 13.9. The van der Waals surface area contributed by atoms with Crippen LogP contribution in [0.2, 0.25) is 5.02 Å². The van der Waals surface area contributed by atoms with Gasteiger partial charge in [-0.05, 0) is 55.9 Å². The van der Waals surface area contributed by atoms with Crippen molar-refractivity contribution < 1.29 is 9.59 Å². The first-order valence-electron chi connectivity index (χ1n) is 7.99. The Morgan fingerprint density at radius 3 is 2.67 bits per heavy atom. The molecule has 0 fully saturated rings. The molecule has 0 bridgehead atoms. The Morgan fingerprint density at radius 1 is 1.21 bits per heavy atom. The van der Waals surface area contributed by atoms with Gasteiger partial charge in [-0.2, -0.15) is 0 Å². The maximum Gasteiger partial charge on any atom is 0.257 e. The van der Waals surface area contributed by atoms with Gasteiger partial charge in [-0.25, -0.2) is 0 Å². The van der Waals surface area contributed by atoms with E-state index in [-0.39, 0.29) is 5.91 Å². The number of nitrogens with two attached hydrogens (primary N) is 1. The maximum atomic E-state index is 12.6. The summed E-state index contributed by atoms with van der Waals surface area (Å²) in [6, 6.07) is 5.27. The van der Waals surface area contributed by atoms with Crippen molar-refractivity contribution in [3.05, 3.63) is 50.4 Å². The lowest BCUT2D eigenvalue weighted by Crippen LogP contribution is -2.18. The van der Waals surface area contributed by atoms with E-state index in [2.05, 4.69) is 5.32 Å². The second kappa shape index (κ2) is 6.95. The summed E-state index contributed by atoms with van der Waals surface area (Å²) in [5, 5.41) is 3.77. The van der Waals surface area contributed by atoms with Crippen LogP contribution in [0.1, 0.15) is 56.0 Å². The van der Waals surface area contributed by atoms with Crippen LogP contribution in [0.15, 0.2) is 18.2 Å². The van der Waals surface area contributed by atoms with Gasteiger partial charge in [0.05, 0.1) is 16.1 Å². The summed E-state index contributed by atoms with van der Waals surface area (Å²) >= 11 is 7.63. The van der Waals surface area contributed by atoms with Crippen molar-refractivity contribution in [2.75, 3.05) is 5.32 Å². The molecule has 1 aliphatic rings. The Balaban J connectivity index is 1.95. The molecule has 0 saturated carbocycles. The Morgan fingerprint density at radius 2 is 1.96 bits per heavy atom. The monoisotopic (exact) mass is 362 g/mol. The van der Waals surface area contributed by atoms with Crippen LogP contribution >= 0.6 is 22.9 Å². The maximum absolute atomic E-state index is 12.6. The number of carbonyl (C=O) groups is 2. The van der Waals surface area contributed by atoms with Crippen LogP contribution in [0.5, 0.6) is 0 Å². The molecular weight excluding hydrogens is 344 g/mol. The van der Waals surface area contributed by atoms with Crippen molar-refractivity contribution in [3.63, 3.8) is 0 Å². The fourth-order valence-corrected chi connectivity index (χ4v) is 4.68. The fourth-order valence-electron chi connectivity index (χ4n) is 3.07. The first-order valence-corrected chi connectivity index (χ1v) is 9.18. The van der Waals surface area contributed by atoms with Crippen LogP contribution in [0.3, 0.4) is 0 Å². The van der Waals surface area contributed by atoms with Gasteiger partial charge in [0, 0.05) is 4.88 Å². The van der Waals surface area contributed by atoms with Gasteiger partial charge < -0.3 is 11.1 Å². The molecule has 1 aliphatic carbocycles. The van der Waals surface area contributed by atoms with Gasteiger partial charge >= 0.3 is 0 Å². The van der Waals surface area contributed by atoms with E-state index in [1.165, 1.54) is 11.3 Å². The molecule has 1 aromatic heterocycles. The van der Waals surface area contributed by atoms with Crippen LogP contribution in [-0.4, -0.2) is 11.8 Å². The molecule has 4 nitrogen and oxygen atoms in total. The van der Waals surface area contributed by atoms with E-state index in [0.717, 1.165) is 48.1 Å². The minimum Gasteiger partial charge on any atom is -0.365 e. The highest BCUT2D eigenvalue weighted by molar-refractivity contribution is 7.17. The molecule has 0 unspecified atom stereocenters. The molecule has 3 rings (SSSR count). The largest absolute Gasteiger partial charge is 0.365 e. The number of carbonyl (C=O) groups excluding carboxylic acids is 2. The summed E-state index contributed by atoms with van der Waals surface area (Å²) in [5.74, 6) is -0.807. The molecule has 0 saturated heterocycles. The van der Waals surface area contributed by atoms with Crippen LogP contribution in [0.25, 0.3) is 0 Å². The van der Waals surface area contributed by atoms with E-state index < -0.39 is 5.91 Å². The highest BCUT2D eigenvalue weighted by atomic mass is 35.5. The fraction of sp³-hybridized carbons (Fsp3) is 0.333. The second-order valence-electron chi connectivity index (χ2n) is 6.07. The number of benzene rings is 1. The molecule has 0 spiro atoms. The number of thiophene rings is 1. The summed E-state index contributed by atoms with van der Waals surface area (Å²) in [6.07, 6.45) is 5.07.